The molecule has 3 heterocycles. The van der Waals surface area contributed by atoms with E-state index in [9.17, 15) is 13.2 Å². The maximum Gasteiger partial charge on any atom is 0.435 e. The number of hydrogen-bond acceptors (Lipinski definition) is 7. The zero-order valence-corrected chi connectivity index (χ0v) is 15.6. The Labute approximate surface area is 166 Å². The summed E-state index contributed by atoms with van der Waals surface area (Å²) in [5, 5.41) is 15.8. The molecule has 4 aromatic rings. The van der Waals surface area contributed by atoms with Crippen LogP contribution in [0.25, 0.3) is 17.3 Å². The summed E-state index contributed by atoms with van der Waals surface area (Å²) in [6, 6.07) is 12.7. The number of rotatable bonds is 5. The topological polar surface area (TPSA) is 78.9 Å². The molecule has 0 fully saturated rings. The van der Waals surface area contributed by atoms with Crippen LogP contribution in [-0.4, -0.2) is 32.1 Å². The fraction of sp³-hybridized carbons (Fsp3) is 0.111. The summed E-state index contributed by atoms with van der Waals surface area (Å²) in [5.74, 6) is 1.59. The number of ether oxygens (including phenoxy) is 1. The third kappa shape index (κ3) is 3.94. The second kappa shape index (κ2) is 7.59. The molecule has 0 saturated carbocycles. The molecule has 0 aliphatic heterocycles. The standard InChI is InChI=1S/C18H12F3N5O2S/c1-27-12-6-4-11(5-7-12)26-16(13-3-2-10-28-13)24-25-17(26)29-15-9-8-14(22-23-15)18(19,20)21/h2-10H,1H3. The maximum atomic E-state index is 12.7. The van der Waals surface area contributed by atoms with Crippen LogP contribution in [0.15, 0.2) is 69.4 Å². The third-order valence-electron chi connectivity index (χ3n) is 3.83. The molecular weight excluding hydrogens is 407 g/mol. The van der Waals surface area contributed by atoms with Crippen LogP contribution in [0, 0.1) is 0 Å². The first-order valence-electron chi connectivity index (χ1n) is 8.18. The zero-order chi connectivity index (χ0) is 20.4. The monoisotopic (exact) mass is 419 g/mol. The molecule has 0 N–H and O–H groups in total. The number of benzene rings is 1. The van der Waals surface area contributed by atoms with Gasteiger partial charge in [-0.3, -0.25) is 4.57 Å². The molecule has 0 unspecified atom stereocenters. The Morgan fingerprint density at radius 2 is 1.76 bits per heavy atom. The average molecular weight is 419 g/mol. The van der Waals surface area contributed by atoms with Gasteiger partial charge in [0.05, 0.1) is 19.1 Å². The number of halogens is 3. The summed E-state index contributed by atoms with van der Waals surface area (Å²) < 4.78 is 50.4. The van der Waals surface area contributed by atoms with Crippen molar-refractivity contribution in [2.24, 2.45) is 0 Å². The first-order valence-corrected chi connectivity index (χ1v) is 9.00. The highest BCUT2D eigenvalue weighted by molar-refractivity contribution is 7.99. The predicted octanol–water partition coefficient (Wildman–Crippen LogP) is 4.50. The van der Waals surface area contributed by atoms with Gasteiger partial charge in [-0.1, -0.05) is 0 Å². The number of hydrogen-bond donors (Lipinski definition) is 0. The molecule has 0 atom stereocenters. The van der Waals surface area contributed by atoms with Gasteiger partial charge in [-0.2, -0.15) is 13.2 Å². The van der Waals surface area contributed by atoms with E-state index in [-0.39, 0.29) is 5.03 Å². The summed E-state index contributed by atoms with van der Waals surface area (Å²) in [4.78, 5) is 0. The predicted molar refractivity (Wildman–Crippen MR) is 96.8 cm³/mol. The number of methoxy groups -OCH3 is 1. The van der Waals surface area contributed by atoms with Gasteiger partial charge in [0, 0.05) is 0 Å². The van der Waals surface area contributed by atoms with Crippen LogP contribution in [0.3, 0.4) is 0 Å². The first kappa shape index (κ1) is 19.0. The summed E-state index contributed by atoms with van der Waals surface area (Å²) >= 11 is 1.03. The van der Waals surface area contributed by atoms with Gasteiger partial charge in [0.15, 0.2) is 11.5 Å². The smallest absolute Gasteiger partial charge is 0.435 e. The van der Waals surface area contributed by atoms with Gasteiger partial charge in [0.25, 0.3) is 0 Å². The molecule has 29 heavy (non-hydrogen) atoms. The molecule has 0 bridgehead atoms. The average Bonchev–Trinajstić information content (AvgIpc) is 3.37. The quantitative estimate of drug-likeness (QED) is 0.471. The van der Waals surface area contributed by atoms with Crippen LogP contribution in [0.2, 0.25) is 0 Å². The molecule has 3 aromatic heterocycles. The lowest BCUT2D eigenvalue weighted by Crippen LogP contribution is -2.08. The highest BCUT2D eigenvalue weighted by Gasteiger charge is 2.33. The molecular formula is C18H12F3N5O2S. The summed E-state index contributed by atoms with van der Waals surface area (Å²) in [6.07, 6.45) is -3.04. The lowest BCUT2D eigenvalue weighted by Gasteiger charge is -2.10. The van der Waals surface area contributed by atoms with Crippen LogP contribution >= 0.6 is 11.8 Å². The Bertz CT molecular complexity index is 1090. The molecule has 0 aliphatic rings. The third-order valence-corrected chi connectivity index (χ3v) is 4.71. The molecule has 4 rings (SSSR count). The first-order chi connectivity index (χ1) is 14.0. The largest absolute Gasteiger partial charge is 0.497 e. The lowest BCUT2D eigenvalue weighted by atomic mass is 10.3. The summed E-state index contributed by atoms with van der Waals surface area (Å²) in [6.45, 7) is 0. The number of alkyl halides is 3. The Balaban J connectivity index is 1.73. The number of nitrogens with zero attached hydrogens (tertiary/aromatic N) is 5. The van der Waals surface area contributed by atoms with Crippen LogP contribution in [0.4, 0.5) is 13.2 Å². The van der Waals surface area contributed by atoms with Crippen LogP contribution in [0.1, 0.15) is 5.69 Å². The van der Waals surface area contributed by atoms with Crippen molar-refractivity contribution in [3.05, 3.63) is 60.5 Å². The van der Waals surface area contributed by atoms with Crippen LogP contribution < -0.4 is 4.74 Å². The van der Waals surface area contributed by atoms with Crippen molar-refractivity contribution in [3.63, 3.8) is 0 Å². The minimum atomic E-state index is -4.55. The summed E-state index contributed by atoms with van der Waals surface area (Å²) in [5.41, 5.74) is -0.348. The molecule has 0 amide bonds. The lowest BCUT2D eigenvalue weighted by molar-refractivity contribution is -0.141. The summed E-state index contributed by atoms with van der Waals surface area (Å²) in [7, 11) is 1.56. The second-order valence-electron chi connectivity index (χ2n) is 5.67. The van der Waals surface area contributed by atoms with Gasteiger partial charge < -0.3 is 9.15 Å². The van der Waals surface area contributed by atoms with E-state index in [2.05, 4.69) is 20.4 Å². The van der Waals surface area contributed by atoms with Crippen molar-refractivity contribution < 1.29 is 22.3 Å². The fourth-order valence-electron chi connectivity index (χ4n) is 2.48. The van der Waals surface area contributed by atoms with Gasteiger partial charge in [0.2, 0.25) is 11.0 Å². The molecule has 1 aromatic carbocycles. The van der Waals surface area contributed by atoms with E-state index < -0.39 is 11.9 Å². The van der Waals surface area contributed by atoms with Crippen molar-refractivity contribution in [3.8, 4) is 23.0 Å². The molecule has 148 valence electrons. The van der Waals surface area contributed by atoms with Gasteiger partial charge >= 0.3 is 6.18 Å². The normalized spacial score (nSPS) is 11.6. The van der Waals surface area contributed by atoms with E-state index in [1.54, 1.807) is 48.1 Å². The highest BCUT2D eigenvalue weighted by Crippen LogP contribution is 2.33. The van der Waals surface area contributed by atoms with Crippen LogP contribution in [-0.2, 0) is 6.18 Å². The van der Waals surface area contributed by atoms with Gasteiger partial charge in [0.1, 0.15) is 10.8 Å². The van der Waals surface area contributed by atoms with Gasteiger partial charge in [-0.25, -0.2) is 0 Å². The van der Waals surface area contributed by atoms with E-state index >= 15 is 0 Å². The van der Waals surface area contributed by atoms with E-state index in [0.29, 0.717) is 28.2 Å². The number of aromatic nitrogens is 5. The Kier molecular flexibility index (Phi) is 4.97. The Hall–Kier alpha value is -3.34. The minimum absolute atomic E-state index is 0.242. The van der Waals surface area contributed by atoms with Crippen molar-refractivity contribution in [1.29, 1.82) is 0 Å². The molecule has 0 radical (unpaired) electrons. The second-order valence-corrected chi connectivity index (χ2v) is 6.66. The zero-order valence-electron chi connectivity index (χ0n) is 14.8. The Morgan fingerprint density at radius 3 is 2.34 bits per heavy atom. The number of furan rings is 1. The van der Waals surface area contributed by atoms with Crippen LogP contribution in [0.5, 0.6) is 5.75 Å². The highest BCUT2D eigenvalue weighted by atomic mass is 32.2. The van der Waals surface area contributed by atoms with Crippen molar-refractivity contribution in [2.45, 2.75) is 16.4 Å². The fourth-order valence-corrected chi connectivity index (χ4v) is 3.25. The molecule has 0 spiro atoms. The molecule has 0 saturated heterocycles. The van der Waals surface area contributed by atoms with Crippen molar-refractivity contribution >= 4 is 11.8 Å². The maximum absolute atomic E-state index is 12.7. The SMILES string of the molecule is COc1ccc(-n2c(Sc3ccc(C(F)(F)F)nn3)nnc2-c2ccco2)cc1. The van der Waals surface area contributed by atoms with E-state index in [0.717, 1.165) is 17.8 Å². The Morgan fingerprint density at radius 1 is 0.966 bits per heavy atom. The minimum Gasteiger partial charge on any atom is -0.497 e. The van der Waals surface area contributed by atoms with Gasteiger partial charge in [-0.05, 0) is 60.3 Å². The van der Waals surface area contributed by atoms with E-state index in [4.69, 9.17) is 9.15 Å². The van der Waals surface area contributed by atoms with Crippen molar-refractivity contribution in [2.75, 3.05) is 7.11 Å². The van der Waals surface area contributed by atoms with E-state index in [1.165, 1.54) is 12.3 Å². The van der Waals surface area contributed by atoms with Gasteiger partial charge in [-0.15, -0.1) is 20.4 Å². The van der Waals surface area contributed by atoms with Crippen molar-refractivity contribution in [1.82, 2.24) is 25.0 Å². The molecule has 7 nitrogen and oxygen atoms in total. The van der Waals surface area contributed by atoms with E-state index in [1.807, 2.05) is 0 Å². The molecule has 11 heteroatoms. The molecule has 0 aliphatic carbocycles.